The van der Waals surface area contributed by atoms with Gasteiger partial charge in [-0.2, -0.15) is 0 Å². The predicted octanol–water partition coefficient (Wildman–Crippen LogP) is 4.48. The van der Waals surface area contributed by atoms with Crippen molar-refractivity contribution in [1.29, 1.82) is 0 Å². The Morgan fingerprint density at radius 2 is 2.11 bits per heavy atom. The van der Waals surface area contributed by atoms with Crippen LogP contribution in [0.5, 0.6) is 0 Å². The van der Waals surface area contributed by atoms with Crippen LogP contribution in [0.15, 0.2) is 28.7 Å². The van der Waals surface area contributed by atoms with Gasteiger partial charge in [0.25, 0.3) is 0 Å². The summed E-state index contributed by atoms with van der Waals surface area (Å²) >= 11 is 9.62. The Morgan fingerprint density at radius 3 is 2.74 bits per heavy atom. The highest BCUT2D eigenvalue weighted by Crippen LogP contribution is 2.44. The smallest absolute Gasteiger partial charge is 0.161 e. The van der Waals surface area contributed by atoms with Crippen LogP contribution < -0.4 is 5.32 Å². The lowest BCUT2D eigenvalue weighted by Crippen LogP contribution is -2.02. The van der Waals surface area contributed by atoms with E-state index in [2.05, 4.69) is 26.2 Å². The first-order chi connectivity index (χ1) is 9.19. The third-order valence-electron chi connectivity index (χ3n) is 3.16. The minimum absolute atomic E-state index is 0.558. The number of aromatic nitrogens is 2. The Balaban J connectivity index is 2.13. The van der Waals surface area contributed by atoms with E-state index in [1.165, 1.54) is 12.8 Å². The lowest BCUT2D eigenvalue weighted by atomic mass is 10.2. The van der Waals surface area contributed by atoms with Gasteiger partial charge in [0, 0.05) is 23.6 Å². The van der Waals surface area contributed by atoms with Crippen LogP contribution in [0.4, 0.5) is 5.82 Å². The SMILES string of the molecule is CNc1nc(-c2cccc(Cl)c2)nc(C2CC2)c1Br. The van der Waals surface area contributed by atoms with Crippen LogP contribution in [0.2, 0.25) is 5.02 Å². The number of hydrogen-bond donors (Lipinski definition) is 1. The molecule has 0 amide bonds. The molecule has 5 heteroatoms. The molecule has 0 atom stereocenters. The molecule has 0 saturated heterocycles. The molecule has 3 nitrogen and oxygen atoms in total. The summed E-state index contributed by atoms with van der Waals surface area (Å²) in [5, 5.41) is 3.81. The van der Waals surface area contributed by atoms with Crippen molar-refractivity contribution in [2.75, 3.05) is 12.4 Å². The van der Waals surface area contributed by atoms with Crippen molar-refractivity contribution in [2.24, 2.45) is 0 Å². The largest absolute Gasteiger partial charge is 0.372 e. The number of rotatable bonds is 3. The minimum atomic E-state index is 0.558. The summed E-state index contributed by atoms with van der Waals surface area (Å²) in [5.41, 5.74) is 2.03. The molecule has 1 aromatic heterocycles. The summed E-state index contributed by atoms with van der Waals surface area (Å²) in [5.74, 6) is 2.10. The first-order valence-electron chi connectivity index (χ1n) is 6.20. The van der Waals surface area contributed by atoms with E-state index < -0.39 is 0 Å². The van der Waals surface area contributed by atoms with E-state index in [1.54, 1.807) is 0 Å². The standard InChI is InChI=1S/C14H13BrClN3/c1-17-14-11(15)12(8-5-6-8)18-13(19-14)9-3-2-4-10(16)7-9/h2-4,7-8H,5-6H2,1H3,(H,17,18,19). The molecule has 1 N–H and O–H groups in total. The highest BCUT2D eigenvalue weighted by molar-refractivity contribution is 9.10. The van der Waals surface area contributed by atoms with Gasteiger partial charge in [-0.3, -0.25) is 0 Å². The molecule has 0 radical (unpaired) electrons. The summed E-state index contributed by atoms with van der Waals surface area (Å²) in [6, 6.07) is 7.63. The lowest BCUT2D eigenvalue weighted by Gasteiger charge is -2.10. The van der Waals surface area contributed by atoms with E-state index in [1.807, 2.05) is 31.3 Å². The first-order valence-corrected chi connectivity index (χ1v) is 7.37. The fourth-order valence-electron chi connectivity index (χ4n) is 2.01. The second-order valence-corrected chi connectivity index (χ2v) is 5.86. The van der Waals surface area contributed by atoms with Gasteiger partial charge >= 0.3 is 0 Å². The minimum Gasteiger partial charge on any atom is -0.372 e. The van der Waals surface area contributed by atoms with Gasteiger partial charge in [-0.1, -0.05) is 23.7 Å². The van der Waals surface area contributed by atoms with Crippen LogP contribution in [0, 0.1) is 0 Å². The Bertz CT molecular complexity index is 626. The fourth-order valence-corrected chi connectivity index (χ4v) is 2.90. The molecular weight excluding hydrogens is 326 g/mol. The monoisotopic (exact) mass is 337 g/mol. The third kappa shape index (κ3) is 2.60. The molecule has 1 aromatic carbocycles. The molecule has 1 aliphatic carbocycles. The molecule has 0 spiro atoms. The van der Waals surface area contributed by atoms with Crippen LogP contribution in [0.25, 0.3) is 11.4 Å². The molecule has 1 fully saturated rings. The topological polar surface area (TPSA) is 37.8 Å². The van der Waals surface area contributed by atoms with Gasteiger partial charge in [0.2, 0.25) is 0 Å². The van der Waals surface area contributed by atoms with Gasteiger partial charge in [0.15, 0.2) is 5.82 Å². The molecule has 2 aromatic rings. The zero-order valence-electron chi connectivity index (χ0n) is 10.5. The van der Waals surface area contributed by atoms with E-state index in [-0.39, 0.29) is 0 Å². The molecule has 19 heavy (non-hydrogen) atoms. The van der Waals surface area contributed by atoms with E-state index in [4.69, 9.17) is 16.6 Å². The highest BCUT2D eigenvalue weighted by atomic mass is 79.9. The van der Waals surface area contributed by atoms with Crippen molar-refractivity contribution in [3.8, 4) is 11.4 Å². The number of halogens is 2. The first kappa shape index (κ1) is 12.9. The average Bonchev–Trinajstić information content (AvgIpc) is 3.23. The Morgan fingerprint density at radius 1 is 1.32 bits per heavy atom. The van der Waals surface area contributed by atoms with E-state index in [0.717, 1.165) is 27.4 Å². The van der Waals surface area contributed by atoms with Gasteiger partial charge in [0.05, 0.1) is 10.2 Å². The number of hydrogen-bond acceptors (Lipinski definition) is 3. The average molecular weight is 339 g/mol. The molecule has 0 aliphatic heterocycles. The summed E-state index contributed by atoms with van der Waals surface area (Å²) < 4.78 is 0.975. The van der Waals surface area contributed by atoms with Crippen LogP contribution in [-0.4, -0.2) is 17.0 Å². The van der Waals surface area contributed by atoms with E-state index in [0.29, 0.717) is 10.9 Å². The molecule has 1 saturated carbocycles. The fraction of sp³-hybridized carbons (Fsp3) is 0.286. The summed E-state index contributed by atoms with van der Waals surface area (Å²) in [6.07, 6.45) is 2.40. The maximum absolute atomic E-state index is 6.03. The van der Waals surface area contributed by atoms with Crippen molar-refractivity contribution < 1.29 is 0 Å². The second kappa shape index (κ2) is 5.10. The maximum Gasteiger partial charge on any atom is 0.161 e. The molecule has 98 valence electrons. The van der Waals surface area contributed by atoms with Crippen LogP contribution in [0.1, 0.15) is 24.5 Å². The van der Waals surface area contributed by atoms with Crippen molar-refractivity contribution >= 4 is 33.3 Å². The zero-order chi connectivity index (χ0) is 13.4. The molecule has 3 rings (SSSR count). The van der Waals surface area contributed by atoms with Gasteiger partial charge < -0.3 is 5.32 Å². The number of nitrogens with one attached hydrogen (secondary N) is 1. The molecule has 0 unspecified atom stereocenters. The number of benzene rings is 1. The third-order valence-corrected chi connectivity index (χ3v) is 4.18. The van der Waals surface area contributed by atoms with Gasteiger partial charge in [-0.15, -0.1) is 0 Å². The number of anilines is 1. The highest BCUT2D eigenvalue weighted by Gasteiger charge is 2.29. The summed E-state index contributed by atoms with van der Waals surface area (Å²) in [7, 11) is 1.87. The van der Waals surface area contributed by atoms with Crippen molar-refractivity contribution in [1.82, 2.24) is 9.97 Å². The molecular formula is C14H13BrClN3. The van der Waals surface area contributed by atoms with Crippen LogP contribution in [0.3, 0.4) is 0 Å². The summed E-state index contributed by atoms with van der Waals surface area (Å²) in [4.78, 5) is 9.24. The Kier molecular flexibility index (Phi) is 3.46. The Labute approximate surface area is 125 Å². The molecule has 1 aliphatic rings. The quantitative estimate of drug-likeness (QED) is 0.896. The van der Waals surface area contributed by atoms with Crippen molar-refractivity contribution in [3.63, 3.8) is 0 Å². The lowest BCUT2D eigenvalue weighted by molar-refractivity contribution is 0.980. The van der Waals surface area contributed by atoms with Gasteiger partial charge in [0.1, 0.15) is 5.82 Å². The summed E-state index contributed by atoms with van der Waals surface area (Å²) in [6.45, 7) is 0. The van der Waals surface area contributed by atoms with Crippen LogP contribution >= 0.6 is 27.5 Å². The van der Waals surface area contributed by atoms with Gasteiger partial charge in [-0.05, 0) is 40.9 Å². The van der Waals surface area contributed by atoms with E-state index in [9.17, 15) is 0 Å². The van der Waals surface area contributed by atoms with Crippen LogP contribution in [-0.2, 0) is 0 Å². The van der Waals surface area contributed by atoms with Gasteiger partial charge in [-0.25, -0.2) is 9.97 Å². The zero-order valence-corrected chi connectivity index (χ0v) is 12.8. The molecule has 1 heterocycles. The predicted molar refractivity (Wildman–Crippen MR) is 81.7 cm³/mol. The Hall–Kier alpha value is -1.13. The van der Waals surface area contributed by atoms with Crippen molar-refractivity contribution in [2.45, 2.75) is 18.8 Å². The second-order valence-electron chi connectivity index (χ2n) is 4.63. The molecule has 0 bridgehead atoms. The number of nitrogens with zero attached hydrogens (tertiary/aromatic N) is 2. The maximum atomic E-state index is 6.03. The van der Waals surface area contributed by atoms with E-state index >= 15 is 0 Å². The normalized spacial score (nSPS) is 14.5. The van der Waals surface area contributed by atoms with Crippen molar-refractivity contribution in [3.05, 3.63) is 39.5 Å².